The summed E-state index contributed by atoms with van der Waals surface area (Å²) in [4.78, 5) is 22.4. The number of nitrogens with two attached hydrogens (primary N) is 2. The van der Waals surface area contributed by atoms with E-state index in [1.807, 2.05) is 27.7 Å². The zero-order valence-electron chi connectivity index (χ0n) is 13.5. The van der Waals surface area contributed by atoms with Crippen molar-refractivity contribution in [3.8, 4) is 0 Å². The molecule has 0 aromatic carbocycles. The monoisotopic (exact) mass is 302 g/mol. The lowest BCUT2D eigenvalue weighted by atomic mass is 9.99. The van der Waals surface area contributed by atoms with Crippen molar-refractivity contribution in [2.24, 2.45) is 11.5 Å². The van der Waals surface area contributed by atoms with Crippen molar-refractivity contribution in [3.63, 3.8) is 0 Å². The molecular formula is C14H30N4O3. The van der Waals surface area contributed by atoms with Gasteiger partial charge in [-0.05, 0) is 53.6 Å². The molecule has 7 N–H and O–H groups in total. The minimum Gasteiger partial charge on any atom is -0.479 e. The second-order valence-electron chi connectivity index (χ2n) is 6.91. The van der Waals surface area contributed by atoms with Gasteiger partial charge in [-0.25, -0.2) is 4.79 Å². The highest BCUT2D eigenvalue weighted by Crippen LogP contribution is 2.10. The molecule has 21 heavy (non-hydrogen) atoms. The zero-order valence-corrected chi connectivity index (χ0v) is 13.5. The lowest BCUT2D eigenvalue weighted by molar-refractivity contribution is -0.148. The van der Waals surface area contributed by atoms with Crippen LogP contribution in [0.4, 0.5) is 0 Å². The molecule has 0 heterocycles. The van der Waals surface area contributed by atoms with Crippen LogP contribution in [0, 0.1) is 0 Å². The number of hydrogen-bond donors (Lipinski definition) is 5. The Morgan fingerprint density at radius 1 is 1.05 bits per heavy atom. The molecule has 0 fully saturated rings. The van der Waals surface area contributed by atoms with Crippen molar-refractivity contribution in [3.05, 3.63) is 0 Å². The summed E-state index contributed by atoms with van der Waals surface area (Å²) in [7, 11) is 0. The summed E-state index contributed by atoms with van der Waals surface area (Å²) in [6.07, 6.45) is 1.60. The summed E-state index contributed by atoms with van der Waals surface area (Å²) >= 11 is 0. The lowest BCUT2D eigenvalue weighted by Crippen LogP contribution is -2.64. The van der Waals surface area contributed by atoms with Gasteiger partial charge >= 0.3 is 5.97 Å². The largest absolute Gasteiger partial charge is 0.479 e. The van der Waals surface area contributed by atoms with E-state index in [1.54, 1.807) is 0 Å². The fourth-order valence-electron chi connectivity index (χ4n) is 1.77. The van der Waals surface area contributed by atoms with Gasteiger partial charge in [-0.3, -0.25) is 10.6 Å². The van der Waals surface area contributed by atoms with Gasteiger partial charge in [-0.1, -0.05) is 0 Å². The molecule has 0 saturated heterocycles. The molecule has 0 aromatic rings. The summed E-state index contributed by atoms with van der Waals surface area (Å²) < 4.78 is 0. The number of carboxylic acids is 1. The van der Waals surface area contributed by atoms with Crippen LogP contribution in [0.5, 0.6) is 0 Å². The average Bonchev–Trinajstić information content (AvgIpc) is 2.24. The molecule has 7 nitrogen and oxygen atoms in total. The van der Waals surface area contributed by atoms with Gasteiger partial charge in [0.2, 0.25) is 0 Å². The van der Waals surface area contributed by atoms with Gasteiger partial charge in [0.25, 0.3) is 0 Å². The third kappa shape index (κ3) is 8.77. The Morgan fingerprint density at radius 2 is 1.43 bits per heavy atom. The van der Waals surface area contributed by atoms with Crippen molar-refractivity contribution in [2.45, 2.75) is 63.7 Å². The van der Waals surface area contributed by atoms with E-state index in [0.717, 1.165) is 0 Å². The fraction of sp³-hybridized carbons (Fsp3) is 0.857. The second kappa shape index (κ2) is 7.84. The maximum Gasteiger partial charge on any atom is 0.339 e. The standard InChI is InChI=1S/C14H30N4O3/c1-12(2,15)5-8-17-14(7-10-19,11(20)21)18-9-6-13(3,4)16/h10,17-18H,5-9,15-16H2,1-4H3,(H,20,21). The van der Waals surface area contributed by atoms with Gasteiger partial charge in [0.05, 0.1) is 0 Å². The second-order valence-corrected chi connectivity index (χ2v) is 6.91. The molecule has 0 aliphatic heterocycles. The summed E-state index contributed by atoms with van der Waals surface area (Å²) in [5.41, 5.74) is 9.47. The smallest absolute Gasteiger partial charge is 0.339 e. The summed E-state index contributed by atoms with van der Waals surface area (Å²) in [5.74, 6) is -1.11. The molecule has 7 heteroatoms. The van der Waals surface area contributed by atoms with Crippen LogP contribution in [0.15, 0.2) is 0 Å². The van der Waals surface area contributed by atoms with Crippen LogP contribution in [-0.4, -0.2) is 47.2 Å². The van der Waals surface area contributed by atoms with E-state index in [-0.39, 0.29) is 6.42 Å². The Balaban J connectivity index is 4.75. The van der Waals surface area contributed by atoms with Gasteiger partial charge in [0, 0.05) is 17.5 Å². The van der Waals surface area contributed by atoms with Crippen molar-refractivity contribution in [1.82, 2.24) is 10.6 Å². The van der Waals surface area contributed by atoms with Crippen molar-refractivity contribution in [1.29, 1.82) is 0 Å². The Kier molecular flexibility index (Phi) is 7.46. The van der Waals surface area contributed by atoms with E-state index < -0.39 is 22.7 Å². The van der Waals surface area contributed by atoms with Gasteiger partial charge in [0.15, 0.2) is 5.66 Å². The van der Waals surface area contributed by atoms with E-state index >= 15 is 0 Å². The highest BCUT2D eigenvalue weighted by atomic mass is 16.4. The number of rotatable bonds is 11. The van der Waals surface area contributed by atoms with Crippen molar-refractivity contribution >= 4 is 12.3 Å². The molecular weight excluding hydrogens is 272 g/mol. The van der Waals surface area contributed by atoms with Gasteiger partial charge in [-0.2, -0.15) is 0 Å². The maximum atomic E-state index is 11.6. The first-order valence-electron chi connectivity index (χ1n) is 7.17. The van der Waals surface area contributed by atoms with Crippen LogP contribution >= 0.6 is 0 Å². The first kappa shape index (κ1) is 20.0. The van der Waals surface area contributed by atoms with Crippen LogP contribution < -0.4 is 22.1 Å². The van der Waals surface area contributed by atoms with Crippen molar-refractivity contribution in [2.75, 3.05) is 13.1 Å². The molecule has 0 atom stereocenters. The first-order chi connectivity index (χ1) is 9.42. The SMILES string of the molecule is CC(C)(N)CCNC(CC=O)(NCCC(C)(C)N)C(=O)O. The van der Waals surface area contributed by atoms with Crippen LogP contribution in [0.1, 0.15) is 47.0 Å². The quantitative estimate of drug-likeness (QED) is 0.264. The predicted molar refractivity (Wildman–Crippen MR) is 82.8 cm³/mol. The lowest BCUT2D eigenvalue weighted by Gasteiger charge is -2.32. The summed E-state index contributed by atoms with van der Waals surface area (Å²) in [5, 5.41) is 15.3. The molecule has 0 aliphatic rings. The molecule has 0 radical (unpaired) electrons. The predicted octanol–water partition coefficient (Wildman–Crippen LogP) is -0.210. The molecule has 0 bridgehead atoms. The van der Waals surface area contributed by atoms with E-state index in [4.69, 9.17) is 11.5 Å². The summed E-state index contributed by atoms with van der Waals surface area (Å²) in [6.45, 7) is 8.23. The number of carboxylic acid groups (broad SMARTS) is 1. The number of carbonyl (C=O) groups is 2. The third-order valence-electron chi connectivity index (χ3n) is 3.15. The number of aldehydes is 1. The zero-order chi connectivity index (χ0) is 16.7. The molecule has 0 amide bonds. The topological polar surface area (TPSA) is 130 Å². The fourth-order valence-corrected chi connectivity index (χ4v) is 1.77. The number of aliphatic carboxylic acids is 1. The first-order valence-corrected chi connectivity index (χ1v) is 7.17. The van der Waals surface area contributed by atoms with Gasteiger partial charge in [0.1, 0.15) is 6.29 Å². The molecule has 0 rings (SSSR count). The van der Waals surface area contributed by atoms with Crippen LogP contribution in [0.2, 0.25) is 0 Å². The molecule has 0 unspecified atom stereocenters. The Bertz CT molecular complexity index is 325. The average molecular weight is 302 g/mol. The van der Waals surface area contributed by atoms with Gasteiger partial charge in [-0.15, -0.1) is 0 Å². The minimum atomic E-state index is -1.47. The maximum absolute atomic E-state index is 11.6. The Hall–Kier alpha value is -1.02. The molecule has 0 spiro atoms. The third-order valence-corrected chi connectivity index (χ3v) is 3.15. The van der Waals surface area contributed by atoms with Gasteiger partial charge < -0.3 is 21.4 Å². The highest BCUT2D eigenvalue weighted by molar-refractivity contribution is 5.81. The number of nitrogens with one attached hydrogen (secondary N) is 2. The Labute approximate surface area is 126 Å². The number of carbonyl (C=O) groups excluding carboxylic acids is 1. The van der Waals surface area contributed by atoms with E-state index in [0.29, 0.717) is 32.2 Å². The molecule has 0 aromatic heterocycles. The van der Waals surface area contributed by atoms with Crippen LogP contribution in [-0.2, 0) is 9.59 Å². The normalized spacial score (nSPS) is 13.2. The summed E-state index contributed by atoms with van der Waals surface area (Å²) in [6, 6.07) is 0. The molecule has 0 aliphatic carbocycles. The molecule has 124 valence electrons. The van der Waals surface area contributed by atoms with E-state index in [9.17, 15) is 14.7 Å². The Morgan fingerprint density at radius 3 is 1.67 bits per heavy atom. The molecule has 0 saturated carbocycles. The van der Waals surface area contributed by atoms with E-state index in [1.165, 1.54) is 0 Å². The van der Waals surface area contributed by atoms with Crippen LogP contribution in [0.3, 0.4) is 0 Å². The van der Waals surface area contributed by atoms with Crippen LogP contribution in [0.25, 0.3) is 0 Å². The van der Waals surface area contributed by atoms with Crippen molar-refractivity contribution < 1.29 is 14.7 Å². The number of hydrogen-bond acceptors (Lipinski definition) is 6. The highest BCUT2D eigenvalue weighted by Gasteiger charge is 2.37. The minimum absolute atomic E-state index is 0.168. The van der Waals surface area contributed by atoms with E-state index in [2.05, 4.69) is 10.6 Å².